The summed E-state index contributed by atoms with van der Waals surface area (Å²) in [6.07, 6.45) is 0. The Morgan fingerprint density at radius 1 is 1.21 bits per heavy atom. The molecule has 0 unspecified atom stereocenters. The van der Waals surface area contributed by atoms with E-state index in [4.69, 9.17) is 9.47 Å². The summed E-state index contributed by atoms with van der Waals surface area (Å²) >= 11 is 1.51. The van der Waals surface area contributed by atoms with Crippen molar-refractivity contribution in [3.8, 4) is 17.2 Å². The van der Waals surface area contributed by atoms with E-state index < -0.39 is 6.04 Å². The van der Waals surface area contributed by atoms with E-state index in [-0.39, 0.29) is 11.7 Å². The number of benzene rings is 2. The number of para-hydroxylation sites is 2. The Kier molecular flexibility index (Phi) is 6.45. The second-order valence-corrected chi connectivity index (χ2v) is 8.48. The van der Waals surface area contributed by atoms with E-state index in [9.17, 15) is 9.90 Å². The fraction of sp³-hybridized carbons (Fsp3) is 0.261. The molecule has 1 amide bonds. The van der Waals surface area contributed by atoms with Crippen LogP contribution in [-0.2, 0) is 4.79 Å². The number of fused-ring (bicyclic) bond motifs is 1. The highest BCUT2D eigenvalue weighted by Gasteiger charge is 2.35. The van der Waals surface area contributed by atoms with Gasteiger partial charge in [0.25, 0.3) is 5.91 Å². The van der Waals surface area contributed by atoms with Crippen LogP contribution in [0.25, 0.3) is 0 Å². The lowest BCUT2D eigenvalue weighted by molar-refractivity contribution is -0.113. The maximum absolute atomic E-state index is 13.6. The second-order valence-electron chi connectivity index (χ2n) is 7.25. The molecule has 0 saturated carbocycles. The standard InChI is InChI=1S/C23H25N5O4S/c1-5-33-23-26-22-24-13(2)19(21(30)25-15-8-6-7-9-17(15)31-3)20(28(22)27-23)14-10-11-16(29)18(12-14)32-4/h6-12,20,29H,5H2,1-4H3,(H,25,30)(H,24,26,27)/t20-/m1/s1. The third-order valence-electron chi connectivity index (χ3n) is 5.23. The van der Waals surface area contributed by atoms with Crippen LogP contribution in [-0.4, -0.2) is 45.8 Å². The van der Waals surface area contributed by atoms with E-state index in [0.717, 1.165) is 11.3 Å². The molecule has 4 rings (SSSR count). The van der Waals surface area contributed by atoms with Crippen molar-refractivity contribution in [2.24, 2.45) is 0 Å². The van der Waals surface area contributed by atoms with Crippen LogP contribution in [0, 0.1) is 0 Å². The molecule has 0 aliphatic carbocycles. The molecule has 2 aromatic carbocycles. The highest BCUT2D eigenvalue weighted by Crippen LogP contribution is 2.39. The van der Waals surface area contributed by atoms with Crippen molar-refractivity contribution in [2.75, 3.05) is 30.6 Å². The molecule has 0 spiro atoms. The van der Waals surface area contributed by atoms with Gasteiger partial charge in [0, 0.05) is 5.70 Å². The monoisotopic (exact) mass is 467 g/mol. The van der Waals surface area contributed by atoms with Crippen molar-refractivity contribution < 1.29 is 19.4 Å². The number of nitrogens with zero attached hydrogens (tertiary/aromatic N) is 3. The van der Waals surface area contributed by atoms with Crippen molar-refractivity contribution >= 4 is 29.3 Å². The lowest BCUT2D eigenvalue weighted by atomic mass is 9.94. The molecule has 1 aliphatic rings. The Morgan fingerprint density at radius 3 is 2.70 bits per heavy atom. The quantitative estimate of drug-likeness (QED) is 0.447. The Morgan fingerprint density at radius 2 is 1.97 bits per heavy atom. The van der Waals surface area contributed by atoms with Crippen LogP contribution in [0.3, 0.4) is 0 Å². The first-order valence-electron chi connectivity index (χ1n) is 10.3. The summed E-state index contributed by atoms with van der Waals surface area (Å²) in [4.78, 5) is 18.2. The van der Waals surface area contributed by atoms with Crippen LogP contribution in [0.1, 0.15) is 25.5 Å². The SMILES string of the molecule is CCSc1nc2n(n1)[C@H](c1ccc(O)c(OC)c1)C(C(=O)Nc1ccccc1OC)=C(C)N2. The van der Waals surface area contributed by atoms with Gasteiger partial charge in [-0.05, 0) is 42.5 Å². The third-order valence-corrected chi connectivity index (χ3v) is 5.95. The summed E-state index contributed by atoms with van der Waals surface area (Å²) in [6.45, 7) is 3.85. The number of anilines is 2. The molecule has 9 nitrogen and oxygen atoms in total. The minimum Gasteiger partial charge on any atom is -0.504 e. The molecule has 3 aromatic rings. The highest BCUT2D eigenvalue weighted by atomic mass is 32.2. The normalized spacial score (nSPS) is 15.0. The summed E-state index contributed by atoms with van der Waals surface area (Å²) in [5, 5.41) is 21.5. The number of aromatic nitrogens is 3. The van der Waals surface area contributed by atoms with Gasteiger partial charge in [0.15, 0.2) is 11.5 Å². The van der Waals surface area contributed by atoms with Crippen molar-refractivity contribution in [1.29, 1.82) is 0 Å². The molecular formula is C23H25N5O4S. The minimum atomic E-state index is -0.593. The number of hydrogen-bond donors (Lipinski definition) is 3. The first kappa shape index (κ1) is 22.5. The zero-order valence-electron chi connectivity index (χ0n) is 18.7. The number of carbonyl (C=O) groups is 1. The summed E-state index contributed by atoms with van der Waals surface area (Å²) in [5.74, 6) is 1.91. The number of hydrogen-bond acceptors (Lipinski definition) is 8. The zero-order valence-corrected chi connectivity index (χ0v) is 19.6. The second kappa shape index (κ2) is 9.45. The van der Waals surface area contributed by atoms with Crippen molar-refractivity contribution in [1.82, 2.24) is 14.8 Å². The molecule has 1 aromatic heterocycles. The van der Waals surface area contributed by atoms with Gasteiger partial charge in [0.05, 0.1) is 25.5 Å². The Bertz CT molecular complexity index is 1220. The molecule has 0 fully saturated rings. The topological polar surface area (TPSA) is 111 Å². The number of amides is 1. The molecule has 1 atom stereocenters. The van der Waals surface area contributed by atoms with Gasteiger partial charge in [-0.2, -0.15) is 4.98 Å². The van der Waals surface area contributed by atoms with Crippen molar-refractivity contribution in [2.45, 2.75) is 25.0 Å². The van der Waals surface area contributed by atoms with E-state index in [1.165, 1.54) is 18.9 Å². The minimum absolute atomic E-state index is 0.0111. The molecule has 2 heterocycles. The van der Waals surface area contributed by atoms with Gasteiger partial charge in [0.2, 0.25) is 11.1 Å². The van der Waals surface area contributed by atoms with Gasteiger partial charge in [0.1, 0.15) is 11.8 Å². The Hall–Kier alpha value is -3.66. The average molecular weight is 468 g/mol. The highest BCUT2D eigenvalue weighted by molar-refractivity contribution is 7.99. The van der Waals surface area contributed by atoms with Crippen LogP contribution in [0.2, 0.25) is 0 Å². The molecule has 0 saturated heterocycles. The smallest absolute Gasteiger partial charge is 0.255 e. The molecule has 0 radical (unpaired) electrons. The molecule has 172 valence electrons. The lowest BCUT2D eigenvalue weighted by Crippen LogP contribution is -2.31. The van der Waals surface area contributed by atoms with Crippen LogP contribution in [0.4, 0.5) is 11.6 Å². The number of ether oxygens (including phenoxy) is 2. The van der Waals surface area contributed by atoms with Crippen molar-refractivity contribution in [3.05, 3.63) is 59.3 Å². The number of nitrogens with one attached hydrogen (secondary N) is 2. The largest absolute Gasteiger partial charge is 0.504 e. The first-order valence-corrected chi connectivity index (χ1v) is 11.3. The summed E-state index contributed by atoms with van der Waals surface area (Å²) < 4.78 is 12.4. The van der Waals surface area contributed by atoms with Gasteiger partial charge in [-0.3, -0.25) is 4.79 Å². The van der Waals surface area contributed by atoms with E-state index in [0.29, 0.717) is 39.6 Å². The molecule has 10 heteroatoms. The fourth-order valence-electron chi connectivity index (χ4n) is 3.73. The maximum Gasteiger partial charge on any atom is 0.255 e. The number of allylic oxidation sites excluding steroid dienone is 1. The Balaban J connectivity index is 1.81. The van der Waals surface area contributed by atoms with E-state index in [2.05, 4.69) is 20.7 Å². The summed E-state index contributed by atoms with van der Waals surface area (Å²) in [6, 6.07) is 11.6. The summed E-state index contributed by atoms with van der Waals surface area (Å²) in [5.41, 5.74) is 2.38. The van der Waals surface area contributed by atoms with Crippen molar-refractivity contribution in [3.63, 3.8) is 0 Å². The third kappa shape index (κ3) is 4.34. The number of phenolic OH excluding ortho intramolecular Hbond substituents is 1. The predicted molar refractivity (Wildman–Crippen MR) is 127 cm³/mol. The predicted octanol–water partition coefficient (Wildman–Crippen LogP) is 4.04. The van der Waals surface area contributed by atoms with E-state index >= 15 is 0 Å². The van der Waals surface area contributed by atoms with Gasteiger partial charge in [-0.1, -0.05) is 36.9 Å². The number of thioether (sulfide) groups is 1. The number of phenols is 1. The van der Waals surface area contributed by atoms with Gasteiger partial charge in [-0.25, -0.2) is 4.68 Å². The van der Waals surface area contributed by atoms with Crippen LogP contribution >= 0.6 is 11.8 Å². The van der Waals surface area contributed by atoms with Crippen LogP contribution in [0.15, 0.2) is 58.9 Å². The van der Waals surface area contributed by atoms with E-state index in [1.807, 2.05) is 26.0 Å². The zero-order chi connectivity index (χ0) is 23.5. The van der Waals surface area contributed by atoms with Gasteiger partial charge < -0.3 is 25.2 Å². The fourth-order valence-corrected chi connectivity index (χ4v) is 4.28. The lowest BCUT2D eigenvalue weighted by Gasteiger charge is -2.29. The Labute approximate surface area is 195 Å². The van der Waals surface area contributed by atoms with Crippen LogP contribution < -0.4 is 20.1 Å². The number of carbonyl (C=O) groups excluding carboxylic acids is 1. The van der Waals surface area contributed by atoms with E-state index in [1.54, 1.807) is 42.1 Å². The maximum atomic E-state index is 13.6. The average Bonchev–Trinajstić information content (AvgIpc) is 3.21. The molecule has 0 bridgehead atoms. The van der Waals surface area contributed by atoms with Gasteiger partial charge >= 0.3 is 0 Å². The number of rotatable bonds is 7. The molecule has 1 aliphatic heterocycles. The number of methoxy groups -OCH3 is 2. The molecule has 33 heavy (non-hydrogen) atoms. The first-order chi connectivity index (χ1) is 16.0. The van der Waals surface area contributed by atoms with Crippen LogP contribution in [0.5, 0.6) is 17.2 Å². The number of aromatic hydroxyl groups is 1. The molecule has 3 N–H and O–H groups in total. The van der Waals surface area contributed by atoms with Gasteiger partial charge in [-0.15, -0.1) is 5.10 Å². The molecular weight excluding hydrogens is 442 g/mol. The summed E-state index contributed by atoms with van der Waals surface area (Å²) in [7, 11) is 3.03.